The van der Waals surface area contributed by atoms with Crippen LogP contribution >= 0.6 is 11.8 Å². The van der Waals surface area contributed by atoms with Crippen molar-refractivity contribution in [2.45, 2.75) is 12.1 Å². The van der Waals surface area contributed by atoms with E-state index in [9.17, 15) is 4.79 Å². The number of nitriles is 1. The van der Waals surface area contributed by atoms with Gasteiger partial charge in [-0.1, -0.05) is 30.0 Å². The molecule has 0 bridgehead atoms. The number of benzene rings is 2. The van der Waals surface area contributed by atoms with E-state index in [0.717, 1.165) is 17.0 Å². The van der Waals surface area contributed by atoms with E-state index in [2.05, 4.69) is 21.6 Å². The quantitative estimate of drug-likeness (QED) is 0.468. The molecule has 1 amide bonds. The minimum absolute atomic E-state index is 0.162. The number of aromatic nitrogens is 3. The van der Waals surface area contributed by atoms with Gasteiger partial charge in [-0.15, -0.1) is 10.2 Å². The number of carbonyl (C=O) groups excluding carboxylic acids is 1. The van der Waals surface area contributed by atoms with Crippen molar-refractivity contribution in [1.29, 1.82) is 5.26 Å². The Labute approximate surface area is 177 Å². The topological polar surface area (TPSA) is 96.7 Å². The minimum atomic E-state index is -0.173. The molecule has 148 valence electrons. The number of carbonyl (C=O) groups is 1. The third-order valence-corrected chi connectivity index (χ3v) is 5.31. The molecule has 4 aromatic rings. The summed E-state index contributed by atoms with van der Waals surface area (Å²) in [6.07, 6.45) is 1.62. The van der Waals surface area contributed by atoms with Crippen molar-refractivity contribution in [3.05, 3.63) is 78.3 Å². The second kappa shape index (κ2) is 8.68. The maximum absolute atomic E-state index is 12.4. The van der Waals surface area contributed by atoms with Gasteiger partial charge in [-0.2, -0.15) is 5.26 Å². The summed E-state index contributed by atoms with van der Waals surface area (Å²) in [5.41, 5.74) is 2.92. The number of thioether (sulfide) groups is 1. The Morgan fingerprint density at radius 2 is 1.90 bits per heavy atom. The summed E-state index contributed by atoms with van der Waals surface area (Å²) in [6.45, 7) is 1.87. The molecular weight excluding hydrogens is 398 g/mol. The molecule has 0 unspecified atom stereocenters. The second-order valence-corrected chi connectivity index (χ2v) is 7.34. The lowest BCUT2D eigenvalue weighted by Gasteiger charge is -2.10. The van der Waals surface area contributed by atoms with Gasteiger partial charge in [0.25, 0.3) is 0 Å². The maximum atomic E-state index is 12.4. The van der Waals surface area contributed by atoms with Gasteiger partial charge in [-0.05, 0) is 49.4 Å². The van der Waals surface area contributed by atoms with E-state index in [1.807, 2.05) is 47.9 Å². The van der Waals surface area contributed by atoms with Gasteiger partial charge >= 0.3 is 0 Å². The molecule has 30 heavy (non-hydrogen) atoms. The highest BCUT2D eigenvalue weighted by Gasteiger charge is 2.19. The molecule has 7 nitrogen and oxygen atoms in total. The molecule has 0 fully saturated rings. The molecule has 0 radical (unpaired) electrons. The number of hydrogen-bond donors (Lipinski definition) is 1. The van der Waals surface area contributed by atoms with Crippen molar-refractivity contribution in [3.63, 3.8) is 0 Å². The first-order valence-corrected chi connectivity index (χ1v) is 10.1. The predicted molar refractivity (Wildman–Crippen MR) is 114 cm³/mol. The van der Waals surface area contributed by atoms with Crippen LogP contribution in [0.4, 0.5) is 5.69 Å². The first-order valence-electron chi connectivity index (χ1n) is 9.14. The summed E-state index contributed by atoms with van der Waals surface area (Å²) in [5, 5.41) is 21.0. The van der Waals surface area contributed by atoms with E-state index in [4.69, 9.17) is 9.68 Å². The number of para-hydroxylation sites is 1. The van der Waals surface area contributed by atoms with Crippen molar-refractivity contribution in [2.75, 3.05) is 11.1 Å². The average Bonchev–Trinajstić information content (AvgIpc) is 3.39. The number of furan rings is 1. The third-order valence-electron chi connectivity index (χ3n) is 4.38. The van der Waals surface area contributed by atoms with Crippen LogP contribution in [0.15, 0.2) is 76.5 Å². The monoisotopic (exact) mass is 415 g/mol. The first-order chi connectivity index (χ1) is 14.7. The molecule has 1 N–H and O–H groups in total. The van der Waals surface area contributed by atoms with Crippen LogP contribution in [-0.2, 0) is 4.79 Å². The van der Waals surface area contributed by atoms with Gasteiger partial charge in [0.1, 0.15) is 5.76 Å². The van der Waals surface area contributed by atoms with Crippen LogP contribution < -0.4 is 5.32 Å². The third kappa shape index (κ3) is 4.11. The fourth-order valence-electron chi connectivity index (χ4n) is 2.92. The highest BCUT2D eigenvalue weighted by Crippen LogP contribution is 2.30. The van der Waals surface area contributed by atoms with Crippen molar-refractivity contribution < 1.29 is 9.21 Å². The highest BCUT2D eigenvalue weighted by atomic mass is 32.2. The van der Waals surface area contributed by atoms with Gasteiger partial charge in [0.15, 0.2) is 11.0 Å². The summed E-state index contributed by atoms with van der Waals surface area (Å²) in [6, 6.07) is 20.4. The number of nitrogens with zero attached hydrogens (tertiary/aromatic N) is 4. The Hall–Kier alpha value is -3.83. The van der Waals surface area contributed by atoms with Gasteiger partial charge in [-0.3, -0.25) is 9.36 Å². The smallest absolute Gasteiger partial charge is 0.234 e. The Bertz CT molecular complexity index is 1210. The molecule has 0 aliphatic heterocycles. The van der Waals surface area contributed by atoms with Crippen LogP contribution in [-0.4, -0.2) is 26.4 Å². The van der Waals surface area contributed by atoms with Crippen LogP contribution in [0.2, 0.25) is 0 Å². The number of nitrogens with one attached hydrogen (secondary N) is 1. The number of hydrogen-bond acceptors (Lipinski definition) is 6. The Balaban J connectivity index is 1.55. The predicted octanol–water partition coefficient (Wildman–Crippen LogP) is 4.44. The summed E-state index contributed by atoms with van der Waals surface area (Å²) in [7, 11) is 0. The number of rotatable bonds is 6. The van der Waals surface area contributed by atoms with Crippen molar-refractivity contribution in [3.8, 4) is 23.1 Å². The molecule has 2 aromatic carbocycles. The van der Waals surface area contributed by atoms with Crippen LogP contribution in [0.5, 0.6) is 0 Å². The SMILES string of the molecule is Cc1occc1-c1nnc(SCC(=O)Nc2ccc(C#N)cc2)n1-c1ccccc1. The van der Waals surface area contributed by atoms with E-state index >= 15 is 0 Å². The van der Waals surface area contributed by atoms with Gasteiger partial charge in [0.05, 0.1) is 29.2 Å². The Morgan fingerprint density at radius 1 is 1.13 bits per heavy atom. The van der Waals surface area contributed by atoms with Gasteiger partial charge in [0.2, 0.25) is 5.91 Å². The number of amides is 1. The molecule has 8 heteroatoms. The maximum Gasteiger partial charge on any atom is 0.234 e. The van der Waals surface area contributed by atoms with Crippen LogP contribution in [0.25, 0.3) is 17.1 Å². The summed E-state index contributed by atoms with van der Waals surface area (Å²) < 4.78 is 7.34. The van der Waals surface area contributed by atoms with Crippen LogP contribution in [0.1, 0.15) is 11.3 Å². The zero-order valence-electron chi connectivity index (χ0n) is 16.1. The molecule has 0 saturated heterocycles. The highest BCUT2D eigenvalue weighted by molar-refractivity contribution is 7.99. The summed E-state index contributed by atoms with van der Waals surface area (Å²) in [4.78, 5) is 12.4. The van der Waals surface area contributed by atoms with Crippen LogP contribution in [0.3, 0.4) is 0 Å². The summed E-state index contributed by atoms with van der Waals surface area (Å²) in [5.74, 6) is 1.39. The second-order valence-electron chi connectivity index (χ2n) is 6.39. The average molecular weight is 415 g/mol. The lowest BCUT2D eigenvalue weighted by Crippen LogP contribution is -2.14. The molecule has 4 rings (SSSR count). The molecule has 0 aliphatic carbocycles. The molecular formula is C22H17N5O2S. The summed E-state index contributed by atoms with van der Waals surface area (Å²) >= 11 is 1.30. The van der Waals surface area contributed by atoms with E-state index in [-0.39, 0.29) is 11.7 Å². The lowest BCUT2D eigenvalue weighted by atomic mass is 10.2. The number of aryl methyl sites for hydroxylation is 1. The van der Waals surface area contributed by atoms with Gasteiger partial charge in [-0.25, -0.2) is 0 Å². The first kappa shape index (κ1) is 19.5. The zero-order valence-corrected chi connectivity index (χ0v) is 16.9. The molecule has 0 saturated carbocycles. The van der Waals surface area contributed by atoms with Gasteiger partial charge < -0.3 is 9.73 Å². The molecule has 0 spiro atoms. The van der Waals surface area contributed by atoms with Crippen molar-refractivity contribution in [2.24, 2.45) is 0 Å². The van der Waals surface area contributed by atoms with E-state index in [1.165, 1.54) is 11.8 Å². The zero-order chi connectivity index (χ0) is 20.9. The Morgan fingerprint density at radius 3 is 2.57 bits per heavy atom. The van der Waals surface area contributed by atoms with E-state index in [0.29, 0.717) is 22.2 Å². The Kier molecular flexibility index (Phi) is 5.63. The van der Waals surface area contributed by atoms with E-state index < -0.39 is 0 Å². The normalized spacial score (nSPS) is 10.5. The molecule has 2 heterocycles. The van der Waals surface area contributed by atoms with Crippen molar-refractivity contribution in [1.82, 2.24) is 14.8 Å². The molecule has 0 atom stereocenters. The van der Waals surface area contributed by atoms with Crippen molar-refractivity contribution >= 4 is 23.4 Å². The lowest BCUT2D eigenvalue weighted by molar-refractivity contribution is -0.113. The number of anilines is 1. The largest absolute Gasteiger partial charge is 0.469 e. The molecule has 2 aromatic heterocycles. The van der Waals surface area contributed by atoms with Crippen LogP contribution in [0, 0.1) is 18.3 Å². The van der Waals surface area contributed by atoms with Gasteiger partial charge in [0, 0.05) is 11.4 Å². The fraction of sp³-hybridized carbons (Fsp3) is 0.0909. The fourth-order valence-corrected chi connectivity index (χ4v) is 3.67. The van der Waals surface area contributed by atoms with E-state index in [1.54, 1.807) is 30.5 Å². The minimum Gasteiger partial charge on any atom is -0.469 e. The standard InChI is InChI=1S/C22H17N5O2S/c1-15-19(11-12-29-15)21-25-26-22(27(21)18-5-3-2-4-6-18)30-14-20(28)24-17-9-7-16(13-23)8-10-17/h2-12H,14H2,1H3,(H,24,28). The molecule has 0 aliphatic rings.